The summed E-state index contributed by atoms with van der Waals surface area (Å²) in [7, 11) is 1.26. The predicted molar refractivity (Wildman–Crippen MR) is 232 cm³/mol. The van der Waals surface area contributed by atoms with E-state index >= 15 is 0 Å². The summed E-state index contributed by atoms with van der Waals surface area (Å²) < 4.78 is 9.51. The minimum atomic E-state index is -0.663. The van der Waals surface area contributed by atoms with E-state index in [1.165, 1.54) is 7.11 Å². The number of allylic oxidation sites excluding steroid dienone is 3. The highest BCUT2D eigenvalue weighted by Gasteiger charge is 2.21. The minimum absolute atomic E-state index is 0.168. The van der Waals surface area contributed by atoms with Crippen molar-refractivity contribution in [1.29, 1.82) is 0 Å². The van der Waals surface area contributed by atoms with Gasteiger partial charge < -0.3 is 39.9 Å². The summed E-state index contributed by atoms with van der Waals surface area (Å²) in [4.78, 5) is 73.7. The van der Waals surface area contributed by atoms with Gasteiger partial charge in [-0.25, -0.2) is 19.6 Å². The Morgan fingerprint density at radius 3 is 1.90 bits per heavy atom. The molecule has 4 N–H and O–H groups in total. The van der Waals surface area contributed by atoms with Crippen LogP contribution < -0.4 is 10.6 Å². The number of carbonyl (C=O) groups excluding carboxylic acids is 4. The summed E-state index contributed by atoms with van der Waals surface area (Å²) >= 11 is 0. The van der Waals surface area contributed by atoms with Crippen molar-refractivity contribution in [3.05, 3.63) is 95.5 Å². The summed E-state index contributed by atoms with van der Waals surface area (Å²) in [6, 6.07) is 12.3. The van der Waals surface area contributed by atoms with E-state index in [0.29, 0.717) is 24.7 Å². The van der Waals surface area contributed by atoms with E-state index in [-0.39, 0.29) is 44.6 Å². The molecule has 60 heavy (non-hydrogen) atoms. The maximum absolute atomic E-state index is 13.0. The zero-order chi connectivity index (χ0) is 43.2. The van der Waals surface area contributed by atoms with Gasteiger partial charge in [-0.05, 0) is 63.3 Å². The number of aromatic nitrogens is 5. The van der Waals surface area contributed by atoms with Gasteiger partial charge in [-0.15, -0.1) is 0 Å². The number of imidazole rings is 2. The molecule has 0 saturated heterocycles. The van der Waals surface area contributed by atoms with E-state index < -0.39 is 12.2 Å². The first-order valence-electron chi connectivity index (χ1n) is 20.2. The second kappa shape index (κ2) is 21.3. The number of hydrogen-bond acceptors (Lipinski definition) is 9. The van der Waals surface area contributed by atoms with E-state index in [1.54, 1.807) is 35.3 Å². The van der Waals surface area contributed by atoms with Gasteiger partial charge in [0.1, 0.15) is 24.7 Å². The Bertz CT molecular complexity index is 2360. The Balaban J connectivity index is 1.46. The van der Waals surface area contributed by atoms with Gasteiger partial charge in [0.25, 0.3) is 0 Å². The lowest BCUT2D eigenvalue weighted by Gasteiger charge is -2.21. The second-order valence-corrected chi connectivity index (χ2v) is 14.4. The van der Waals surface area contributed by atoms with Crippen molar-refractivity contribution in [1.82, 2.24) is 45.4 Å². The number of nitrogens with zero attached hydrogens (tertiary/aromatic N) is 5. The Morgan fingerprint density at radius 1 is 0.750 bits per heavy atom. The molecule has 15 nitrogen and oxygen atoms in total. The molecular weight excluding hydrogens is 763 g/mol. The number of H-pyrrole nitrogens is 2. The number of alkyl carbamates (subject to hydrolysis) is 2. The Hall–Kier alpha value is -6.77. The smallest absolute Gasteiger partial charge is 0.407 e. The molecule has 0 bridgehead atoms. The molecule has 316 valence electrons. The number of rotatable bonds is 18. The van der Waals surface area contributed by atoms with Crippen molar-refractivity contribution >= 4 is 41.0 Å². The third kappa shape index (κ3) is 11.2. The summed E-state index contributed by atoms with van der Waals surface area (Å²) in [5.74, 6) is 0.765. The fourth-order valence-electron chi connectivity index (χ4n) is 6.85. The molecular formula is C45H55N9O6. The number of methoxy groups -OCH3 is 1. The molecule has 5 aromatic rings. The molecule has 0 aliphatic carbocycles. The van der Waals surface area contributed by atoms with Gasteiger partial charge in [-0.2, -0.15) is 0 Å². The molecule has 2 aromatic carbocycles. The summed E-state index contributed by atoms with van der Waals surface area (Å²) in [5, 5.41) is 5.90. The predicted octanol–water partition coefficient (Wildman–Crippen LogP) is 7.55. The van der Waals surface area contributed by atoms with E-state index in [0.717, 1.165) is 74.1 Å². The first-order chi connectivity index (χ1) is 29.0. The Labute approximate surface area is 350 Å². The lowest BCUT2D eigenvalue weighted by molar-refractivity contribution is -0.131. The lowest BCUT2D eigenvalue weighted by Crippen LogP contribution is -2.40. The highest BCUT2D eigenvalue weighted by molar-refractivity contribution is 6.03. The van der Waals surface area contributed by atoms with Crippen LogP contribution in [0, 0.1) is 6.92 Å². The van der Waals surface area contributed by atoms with Gasteiger partial charge in [0.2, 0.25) is 11.8 Å². The van der Waals surface area contributed by atoms with E-state index in [1.807, 2.05) is 32.1 Å². The van der Waals surface area contributed by atoms with Crippen molar-refractivity contribution in [3.8, 4) is 33.6 Å². The van der Waals surface area contributed by atoms with Crippen molar-refractivity contribution in [2.24, 2.45) is 0 Å². The largest absolute Gasteiger partial charge is 0.453 e. The van der Waals surface area contributed by atoms with Gasteiger partial charge in [-0.1, -0.05) is 68.0 Å². The van der Waals surface area contributed by atoms with Gasteiger partial charge in [-0.3, -0.25) is 14.6 Å². The fourth-order valence-corrected chi connectivity index (χ4v) is 6.85. The quantitative estimate of drug-likeness (QED) is 0.0648. The van der Waals surface area contributed by atoms with E-state index in [2.05, 4.69) is 92.5 Å². The highest BCUT2D eigenvalue weighted by atomic mass is 16.5. The van der Waals surface area contributed by atoms with Crippen LogP contribution in [-0.4, -0.2) is 98.6 Å². The topological polar surface area (TPSA) is 188 Å². The number of ether oxygens (including phenoxy) is 2. The van der Waals surface area contributed by atoms with E-state index in [9.17, 15) is 19.2 Å². The number of pyridine rings is 1. The summed E-state index contributed by atoms with van der Waals surface area (Å²) in [5.41, 5.74) is 9.45. The highest BCUT2D eigenvalue weighted by Crippen LogP contribution is 2.39. The number of nitrogens with one attached hydrogen (secondary N) is 4. The zero-order valence-corrected chi connectivity index (χ0v) is 35.5. The number of benzene rings is 2. The van der Waals surface area contributed by atoms with Crippen LogP contribution in [0.3, 0.4) is 0 Å². The van der Waals surface area contributed by atoms with Crippen LogP contribution in [0.2, 0.25) is 0 Å². The Morgan fingerprint density at radius 2 is 1.32 bits per heavy atom. The van der Waals surface area contributed by atoms with Gasteiger partial charge in [0.15, 0.2) is 0 Å². The molecule has 0 fully saturated rings. The molecule has 3 heterocycles. The summed E-state index contributed by atoms with van der Waals surface area (Å²) in [6.07, 6.45) is 11.7. The van der Waals surface area contributed by atoms with Crippen molar-refractivity contribution < 1.29 is 28.7 Å². The first kappa shape index (κ1) is 44.3. The molecule has 0 atom stereocenters. The third-order valence-corrected chi connectivity index (χ3v) is 9.71. The van der Waals surface area contributed by atoms with E-state index in [4.69, 9.17) is 9.72 Å². The number of aromatic amines is 2. The summed E-state index contributed by atoms with van der Waals surface area (Å²) in [6.45, 7) is 13.3. The van der Waals surface area contributed by atoms with Gasteiger partial charge in [0, 0.05) is 41.4 Å². The molecule has 0 aliphatic heterocycles. The standard InChI is InChI=1S/C45H55N9O6/c1-8-21-53(41(55)25-49-44(57)59-7)27-39-47-23-37(51-39)33-17-16-32(30(6)31(33)14-11-13-29(4)5)36-19-18-34(35-15-12-20-46-43(35)36)38-24-48-40(52-38)28-54(22-9-2)42(56)26-50-45(58)60-10-3/h11-20,23-24H,8-10,21-22,25-28H2,1-7H3,(H,47,51)(H,48,52)(H,49,57)(H,50,58)/b14-11-. The minimum Gasteiger partial charge on any atom is -0.453 e. The molecule has 0 radical (unpaired) electrons. The first-order valence-corrected chi connectivity index (χ1v) is 20.2. The van der Waals surface area contributed by atoms with Crippen LogP contribution in [0.4, 0.5) is 9.59 Å². The molecule has 0 saturated carbocycles. The fraction of sp³-hybridized carbons (Fsp3) is 0.356. The van der Waals surface area contributed by atoms with Crippen LogP contribution in [0.25, 0.3) is 50.6 Å². The number of hydrogen-bond donors (Lipinski definition) is 4. The van der Waals surface area contributed by atoms with Crippen molar-refractivity contribution in [2.75, 3.05) is 39.9 Å². The van der Waals surface area contributed by atoms with Gasteiger partial charge in [0.05, 0.1) is 56.1 Å². The van der Waals surface area contributed by atoms with Crippen LogP contribution in [0.15, 0.2) is 72.7 Å². The monoisotopic (exact) mass is 817 g/mol. The molecule has 15 heteroatoms. The molecule has 3 aromatic heterocycles. The molecule has 4 amide bonds. The average molecular weight is 818 g/mol. The van der Waals surface area contributed by atoms with Crippen molar-refractivity contribution in [2.45, 2.75) is 67.5 Å². The number of amides is 4. The normalized spacial score (nSPS) is 11.1. The maximum Gasteiger partial charge on any atom is 0.407 e. The molecule has 0 spiro atoms. The second-order valence-electron chi connectivity index (χ2n) is 14.4. The van der Waals surface area contributed by atoms with Crippen molar-refractivity contribution in [3.63, 3.8) is 0 Å². The Kier molecular flexibility index (Phi) is 15.7. The zero-order valence-electron chi connectivity index (χ0n) is 35.5. The lowest BCUT2D eigenvalue weighted by atomic mass is 9.89. The number of carbonyl (C=O) groups is 4. The van der Waals surface area contributed by atoms with Gasteiger partial charge >= 0.3 is 12.2 Å². The SMILES string of the molecule is CCCN(Cc1ncc(-c2ccc(-c3ccc(-c4cnc(CN(CCC)C(=O)CNC(=O)OCC)[nH]4)c4cccnc34)c(C)c2/C=C\C=C(C)C)[nH]1)C(=O)CNC(=O)OC. The van der Waals surface area contributed by atoms with Crippen LogP contribution in [-0.2, 0) is 32.2 Å². The van der Waals surface area contributed by atoms with Crippen LogP contribution >= 0.6 is 0 Å². The number of fused-ring (bicyclic) bond motifs is 1. The third-order valence-electron chi connectivity index (χ3n) is 9.71. The maximum atomic E-state index is 13.0. The van der Waals surface area contributed by atoms with Crippen LogP contribution in [0.1, 0.15) is 70.2 Å². The molecule has 5 rings (SSSR count). The average Bonchev–Trinajstić information content (AvgIpc) is 3.91. The van der Waals surface area contributed by atoms with Crippen LogP contribution in [0.5, 0.6) is 0 Å². The molecule has 0 unspecified atom stereocenters. The molecule has 0 aliphatic rings.